The van der Waals surface area contributed by atoms with Crippen LogP contribution in [0.5, 0.6) is 0 Å². The first-order chi connectivity index (χ1) is 25.4. The number of nitrogens with one attached hydrogen (secondary N) is 1. The van der Waals surface area contributed by atoms with Gasteiger partial charge in [0.1, 0.15) is 28.5 Å². The second kappa shape index (κ2) is 13.2. The van der Waals surface area contributed by atoms with Gasteiger partial charge in [0.05, 0.1) is 46.3 Å². The van der Waals surface area contributed by atoms with Crippen LogP contribution in [0.2, 0.25) is 0 Å². The molecule has 53 heavy (non-hydrogen) atoms. The molecule has 7 aromatic rings. The molecule has 1 aliphatic rings. The molecule has 1 aliphatic heterocycles. The van der Waals surface area contributed by atoms with E-state index in [1.165, 1.54) is 17.4 Å². The SMILES string of the molecule is CCc1ccc(-c2oc3cc(N(C)S(C)(=O)=O)c(-c4ccc5nc(CN6CCN(C)CC6)n6c7cccc(F)c7cc6c5n4)cc3c2C(=O)NC)cc1. The first-order valence-electron chi connectivity index (χ1n) is 17.6. The van der Waals surface area contributed by atoms with Gasteiger partial charge in [0.25, 0.3) is 5.91 Å². The number of carbonyl (C=O) groups is 1. The number of carbonyl (C=O) groups excluding carboxylic acids is 1. The summed E-state index contributed by atoms with van der Waals surface area (Å²) in [4.78, 5) is 28.4. The number of benzene rings is 3. The Kier molecular flexibility index (Phi) is 8.67. The second-order valence-electron chi connectivity index (χ2n) is 13.7. The van der Waals surface area contributed by atoms with Crippen molar-refractivity contribution in [3.05, 3.63) is 95.6 Å². The number of aromatic nitrogens is 3. The third kappa shape index (κ3) is 6.08. The van der Waals surface area contributed by atoms with Crippen LogP contribution in [0.1, 0.15) is 28.7 Å². The van der Waals surface area contributed by atoms with Crippen LogP contribution in [0.4, 0.5) is 10.1 Å². The Balaban J connectivity index is 1.37. The number of anilines is 1. The molecule has 4 aromatic heterocycles. The van der Waals surface area contributed by atoms with Gasteiger partial charge >= 0.3 is 0 Å². The maximum atomic E-state index is 15.3. The Labute approximate surface area is 306 Å². The predicted molar refractivity (Wildman–Crippen MR) is 207 cm³/mol. The van der Waals surface area contributed by atoms with Gasteiger partial charge in [-0.15, -0.1) is 0 Å². The van der Waals surface area contributed by atoms with Crippen LogP contribution in [-0.4, -0.2) is 92.1 Å². The molecule has 1 saturated heterocycles. The zero-order chi connectivity index (χ0) is 37.2. The lowest BCUT2D eigenvalue weighted by Gasteiger charge is -2.32. The molecule has 272 valence electrons. The lowest BCUT2D eigenvalue weighted by molar-refractivity contribution is 0.0964. The van der Waals surface area contributed by atoms with E-state index in [-0.39, 0.29) is 11.7 Å². The highest BCUT2D eigenvalue weighted by Gasteiger charge is 2.27. The molecular formula is C40H40FN7O4S. The van der Waals surface area contributed by atoms with Crippen molar-refractivity contribution in [2.45, 2.75) is 19.9 Å². The highest BCUT2D eigenvalue weighted by atomic mass is 32.2. The summed E-state index contributed by atoms with van der Waals surface area (Å²) in [5.74, 6) is 0.463. The van der Waals surface area contributed by atoms with Crippen molar-refractivity contribution in [1.29, 1.82) is 0 Å². The number of nitrogens with zero attached hydrogens (tertiary/aromatic N) is 6. The molecule has 8 rings (SSSR count). The zero-order valence-electron chi connectivity index (χ0n) is 30.3. The molecule has 1 N–H and O–H groups in total. The predicted octanol–water partition coefficient (Wildman–Crippen LogP) is 6.32. The molecule has 0 saturated carbocycles. The number of furan rings is 1. The zero-order valence-corrected chi connectivity index (χ0v) is 31.1. The van der Waals surface area contributed by atoms with Crippen molar-refractivity contribution < 1.29 is 22.0 Å². The van der Waals surface area contributed by atoms with Crippen LogP contribution in [0, 0.1) is 5.82 Å². The van der Waals surface area contributed by atoms with Gasteiger partial charge in [-0.05, 0) is 55.4 Å². The van der Waals surface area contributed by atoms with E-state index >= 15 is 4.39 Å². The van der Waals surface area contributed by atoms with E-state index in [9.17, 15) is 13.2 Å². The average Bonchev–Trinajstić information content (AvgIpc) is 3.74. The number of sulfonamides is 1. The Morgan fingerprint density at radius 1 is 0.962 bits per heavy atom. The molecular weight excluding hydrogens is 694 g/mol. The normalized spacial score (nSPS) is 14.5. The lowest BCUT2D eigenvalue weighted by Crippen LogP contribution is -2.44. The van der Waals surface area contributed by atoms with Gasteiger partial charge in [-0.3, -0.25) is 18.4 Å². The van der Waals surface area contributed by atoms with Crippen LogP contribution in [0.15, 0.2) is 77.2 Å². The third-order valence-corrected chi connectivity index (χ3v) is 11.6. The number of aryl methyl sites for hydroxylation is 1. The summed E-state index contributed by atoms with van der Waals surface area (Å²) < 4.78 is 51.0. The number of likely N-dealkylation sites (N-methyl/N-ethyl adjacent to an activating group) is 1. The van der Waals surface area contributed by atoms with Crippen LogP contribution in [0.25, 0.3) is 61.0 Å². The van der Waals surface area contributed by atoms with Gasteiger partial charge in [-0.1, -0.05) is 37.3 Å². The minimum Gasteiger partial charge on any atom is -0.455 e. The summed E-state index contributed by atoms with van der Waals surface area (Å²) >= 11 is 0. The molecule has 0 bridgehead atoms. The maximum absolute atomic E-state index is 15.3. The number of hydrogen-bond acceptors (Lipinski definition) is 8. The molecule has 0 radical (unpaired) electrons. The van der Waals surface area contributed by atoms with Crippen molar-refractivity contribution in [1.82, 2.24) is 29.5 Å². The number of pyridine rings is 1. The van der Waals surface area contributed by atoms with Gasteiger partial charge in [0.2, 0.25) is 10.0 Å². The van der Waals surface area contributed by atoms with Crippen molar-refractivity contribution in [3.63, 3.8) is 0 Å². The Bertz CT molecular complexity index is 2680. The summed E-state index contributed by atoms with van der Waals surface area (Å²) in [5, 5.41) is 3.70. The molecule has 0 unspecified atom stereocenters. The van der Waals surface area contributed by atoms with Crippen LogP contribution >= 0.6 is 0 Å². The Hall–Kier alpha value is -5.37. The van der Waals surface area contributed by atoms with Gasteiger partial charge in [-0.2, -0.15) is 0 Å². The molecule has 0 spiro atoms. The first-order valence-corrected chi connectivity index (χ1v) is 19.5. The summed E-state index contributed by atoms with van der Waals surface area (Å²) in [6, 6.07) is 21.7. The van der Waals surface area contributed by atoms with E-state index in [4.69, 9.17) is 14.4 Å². The first kappa shape index (κ1) is 34.7. The highest BCUT2D eigenvalue weighted by molar-refractivity contribution is 7.92. The smallest absolute Gasteiger partial charge is 0.255 e. The van der Waals surface area contributed by atoms with E-state index in [0.717, 1.165) is 50.2 Å². The largest absolute Gasteiger partial charge is 0.455 e. The molecule has 13 heteroatoms. The van der Waals surface area contributed by atoms with Gasteiger partial charge < -0.3 is 14.6 Å². The summed E-state index contributed by atoms with van der Waals surface area (Å²) in [7, 11) is 1.40. The van der Waals surface area contributed by atoms with E-state index in [1.807, 2.05) is 46.9 Å². The summed E-state index contributed by atoms with van der Waals surface area (Å²) in [5.41, 5.74) is 6.30. The van der Waals surface area contributed by atoms with Gasteiger partial charge in [0.15, 0.2) is 0 Å². The van der Waals surface area contributed by atoms with E-state index < -0.39 is 10.0 Å². The number of halogens is 1. The number of rotatable bonds is 8. The van der Waals surface area contributed by atoms with E-state index in [2.05, 4.69) is 29.1 Å². The van der Waals surface area contributed by atoms with Crippen molar-refractivity contribution >= 4 is 60.0 Å². The molecule has 0 atom stereocenters. The molecule has 0 aliphatic carbocycles. The van der Waals surface area contributed by atoms with Crippen LogP contribution < -0.4 is 9.62 Å². The quantitative estimate of drug-likeness (QED) is 0.193. The van der Waals surface area contributed by atoms with Crippen molar-refractivity contribution in [3.8, 4) is 22.6 Å². The molecule has 3 aromatic carbocycles. The second-order valence-corrected chi connectivity index (χ2v) is 15.8. The van der Waals surface area contributed by atoms with E-state index in [1.54, 1.807) is 31.3 Å². The van der Waals surface area contributed by atoms with Crippen molar-refractivity contribution in [2.75, 3.05) is 57.9 Å². The fourth-order valence-corrected chi connectivity index (χ4v) is 7.76. The number of hydrogen-bond donors (Lipinski definition) is 1. The monoisotopic (exact) mass is 733 g/mol. The molecule has 11 nitrogen and oxygen atoms in total. The fraction of sp³-hybridized carbons (Fsp3) is 0.275. The topological polar surface area (TPSA) is 116 Å². The van der Waals surface area contributed by atoms with Crippen molar-refractivity contribution in [2.24, 2.45) is 0 Å². The number of amides is 1. The molecule has 1 amide bonds. The minimum absolute atomic E-state index is 0.319. The number of fused-ring (bicyclic) bond motifs is 6. The van der Waals surface area contributed by atoms with E-state index in [0.29, 0.717) is 78.8 Å². The molecule has 5 heterocycles. The standard InChI is InChI=1S/C40H40FN7O4S/c1-6-24-10-12-25(13-11-24)39-37(40(49)42-2)28-20-27(33(22-35(28)52-39)46(4)53(5,50)51)30-14-15-31-38(44-30)34-21-26-29(41)8-7-9-32(26)48(34)36(43-31)23-47-18-16-45(3)17-19-47/h7-15,20-22H,6,16-19,23H2,1-5H3,(H,42,49). The van der Waals surface area contributed by atoms with Gasteiger partial charge in [-0.25, -0.2) is 22.8 Å². The fourth-order valence-electron chi connectivity index (χ4n) is 7.25. The highest BCUT2D eigenvalue weighted by Crippen LogP contribution is 2.41. The van der Waals surface area contributed by atoms with Crippen LogP contribution in [0.3, 0.4) is 0 Å². The number of piperazine rings is 1. The third-order valence-electron chi connectivity index (χ3n) is 10.4. The molecule has 1 fully saturated rings. The van der Waals surface area contributed by atoms with Gasteiger partial charge in [0, 0.05) is 68.2 Å². The van der Waals surface area contributed by atoms with Crippen LogP contribution in [-0.2, 0) is 23.0 Å². The summed E-state index contributed by atoms with van der Waals surface area (Å²) in [6.45, 7) is 6.32. The minimum atomic E-state index is -3.74. The summed E-state index contributed by atoms with van der Waals surface area (Å²) in [6.07, 6.45) is 1.99. The Morgan fingerprint density at radius 3 is 2.42 bits per heavy atom. The Morgan fingerprint density at radius 2 is 1.72 bits per heavy atom. The average molecular weight is 734 g/mol. The maximum Gasteiger partial charge on any atom is 0.255 e. The lowest BCUT2D eigenvalue weighted by atomic mass is 10.00.